The molecule has 178 valence electrons. The molecule has 0 aromatic heterocycles. The summed E-state index contributed by atoms with van der Waals surface area (Å²) in [6.45, 7) is 6.32. The molecule has 31 heavy (non-hydrogen) atoms. The first-order chi connectivity index (χ1) is 14.8. The smallest absolute Gasteiger partial charge is 0.191 e. The molecule has 1 aromatic carbocycles. The predicted octanol–water partition coefficient (Wildman–Crippen LogP) is 4.13. The quantitative estimate of drug-likeness (QED) is 0.157. The van der Waals surface area contributed by atoms with Crippen molar-refractivity contribution in [2.45, 2.75) is 58.1 Å². The fourth-order valence-corrected chi connectivity index (χ4v) is 3.44. The van der Waals surface area contributed by atoms with Crippen molar-refractivity contribution in [3.63, 3.8) is 0 Å². The standard InChI is InChI=1S/C23H39N3O4.HI/c1-4-24-23(25-14-7-8-15-29-17-16-27-2)26-18-19-10-9-13-21(28-3)22(19)30-20-11-5-6-12-20;/h9-10,13,20H,4-8,11-12,14-18H2,1-3H3,(H2,24,25,26);1H. The number of nitrogens with zero attached hydrogens (tertiary/aromatic N) is 1. The van der Waals surface area contributed by atoms with Crippen LogP contribution in [0.4, 0.5) is 0 Å². The summed E-state index contributed by atoms with van der Waals surface area (Å²) >= 11 is 0. The number of nitrogens with one attached hydrogen (secondary N) is 2. The van der Waals surface area contributed by atoms with Crippen LogP contribution in [0.1, 0.15) is 51.0 Å². The fraction of sp³-hybridized carbons (Fsp3) is 0.696. The maximum Gasteiger partial charge on any atom is 0.191 e. The van der Waals surface area contributed by atoms with Crippen molar-refractivity contribution in [2.24, 2.45) is 4.99 Å². The Morgan fingerprint density at radius 2 is 1.87 bits per heavy atom. The number of rotatable bonds is 14. The fourth-order valence-electron chi connectivity index (χ4n) is 3.44. The second kappa shape index (κ2) is 17.3. The lowest BCUT2D eigenvalue weighted by molar-refractivity contribution is 0.0689. The van der Waals surface area contributed by atoms with Crippen molar-refractivity contribution < 1.29 is 18.9 Å². The highest BCUT2D eigenvalue weighted by molar-refractivity contribution is 14.0. The van der Waals surface area contributed by atoms with Crippen LogP contribution in [-0.4, -0.2) is 59.2 Å². The molecule has 0 amide bonds. The average Bonchev–Trinajstić information content (AvgIpc) is 3.27. The summed E-state index contributed by atoms with van der Waals surface area (Å²) in [6.07, 6.45) is 7.00. The van der Waals surface area contributed by atoms with Crippen LogP contribution in [0.5, 0.6) is 11.5 Å². The molecule has 2 rings (SSSR count). The van der Waals surface area contributed by atoms with Crippen molar-refractivity contribution in [3.05, 3.63) is 23.8 Å². The molecule has 1 aromatic rings. The van der Waals surface area contributed by atoms with Crippen molar-refractivity contribution in [1.82, 2.24) is 10.6 Å². The van der Waals surface area contributed by atoms with E-state index in [1.54, 1.807) is 14.2 Å². The van der Waals surface area contributed by atoms with Crippen LogP contribution in [0.25, 0.3) is 0 Å². The summed E-state index contributed by atoms with van der Waals surface area (Å²) in [4.78, 5) is 4.76. The highest BCUT2D eigenvalue weighted by atomic mass is 127. The maximum absolute atomic E-state index is 6.32. The van der Waals surface area contributed by atoms with Crippen molar-refractivity contribution in [3.8, 4) is 11.5 Å². The molecule has 0 aliphatic heterocycles. The number of benzene rings is 1. The molecule has 0 heterocycles. The second-order valence-corrected chi connectivity index (χ2v) is 7.41. The number of hydrogen-bond acceptors (Lipinski definition) is 5. The van der Waals surface area contributed by atoms with Gasteiger partial charge in [-0.05, 0) is 51.5 Å². The van der Waals surface area contributed by atoms with Gasteiger partial charge >= 0.3 is 0 Å². The molecule has 0 unspecified atom stereocenters. The van der Waals surface area contributed by atoms with Gasteiger partial charge in [0.1, 0.15) is 0 Å². The maximum atomic E-state index is 6.32. The molecule has 1 saturated carbocycles. The Balaban J connectivity index is 0.00000480. The predicted molar refractivity (Wildman–Crippen MR) is 136 cm³/mol. The Hall–Kier alpha value is -1.26. The first-order valence-electron chi connectivity index (χ1n) is 11.2. The van der Waals surface area contributed by atoms with Crippen LogP contribution in [-0.2, 0) is 16.0 Å². The van der Waals surface area contributed by atoms with E-state index in [2.05, 4.69) is 23.6 Å². The van der Waals surface area contributed by atoms with Gasteiger partial charge in [-0.2, -0.15) is 0 Å². The Bertz CT molecular complexity index is 625. The zero-order valence-electron chi connectivity index (χ0n) is 19.3. The van der Waals surface area contributed by atoms with Gasteiger partial charge in [-0.25, -0.2) is 4.99 Å². The number of para-hydroxylation sites is 1. The van der Waals surface area contributed by atoms with E-state index in [1.165, 1.54) is 12.8 Å². The highest BCUT2D eigenvalue weighted by Gasteiger charge is 2.20. The zero-order valence-corrected chi connectivity index (χ0v) is 21.6. The largest absolute Gasteiger partial charge is 0.493 e. The third kappa shape index (κ3) is 10.7. The molecule has 1 aliphatic rings. The number of methoxy groups -OCH3 is 2. The molecular formula is C23H40IN3O4. The Morgan fingerprint density at radius 1 is 1.06 bits per heavy atom. The van der Waals surface area contributed by atoms with Crippen LogP contribution in [0.2, 0.25) is 0 Å². The minimum absolute atomic E-state index is 0. The molecule has 0 radical (unpaired) electrons. The number of guanidine groups is 1. The van der Waals surface area contributed by atoms with Crippen LogP contribution >= 0.6 is 24.0 Å². The van der Waals surface area contributed by atoms with E-state index in [0.29, 0.717) is 19.8 Å². The van der Waals surface area contributed by atoms with Gasteiger partial charge in [0, 0.05) is 32.4 Å². The lowest BCUT2D eigenvalue weighted by Gasteiger charge is -2.19. The SMILES string of the molecule is CCNC(=NCc1cccc(OC)c1OC1CCCC1)NCCCCOCCOC.I. The Labute approximate surface area is 204 Å². The van der Waals surface area contributed by atoms with E-state index in [-0.39, 0.29) is 30.1 Å². The molecule has 0 spiro atoms. The van der Waals surface area contributed by atoms with E-state index in [9.17, 15) is 0 Å². The molecule has 2 N–H and O–H groups in total. The number of unbranched alkanes of at least 4 members (excludes halogenated alkanes) is 1. The summed E-state index contributed by atoms with van der Waals surface area (Å²) in [5.74, 6) is 2.42. The highest BCUT2D eigenvalue weighted by Crippen LogP contribution is 2.35. The number of halogens is 1. The molecule has 0 bridgehead atoms. The summed E-state index contributed by atoms with van der Waals surface area (Å²) < 4.78 is 22.3. The van der Waals surface area contributed by atoms with Crippen LogP contribution in [0.15, 0.2) is 23.2 Å². The normalized spacial score (nSPS) is 14.2. The number of aliphatic imine (C=N–C) groups is 1. The van der Waals surface area contributed by atoms with E-state index >= 15 is 0 Å². The zero-order chi connectivity index (χ0) is 21.4. The van der Waals surface area contributed by atoms with Gasteiger partial charge in [0.15, 0.2) is 17.5 Å². The van der Waals surface area contributed by atoms with Crippen molar-refractivity contribution in [1.29, 1.82) is 0 Å². The van der Waals surface area contributed by atoms with Gasteiger partial charge in [0.2, 0.25) is 0 Å². The van der Waals surface area contributed by atoms with Crippen LogP contribution < -0.4 is 20.1 Å². The molecule has 7 nitrogen and oxygen atoms in total. The van der Waals surface area contributed by atoms with Gasteiger partial charge in [-0.1, -0.05) is 12.1 Å². The number of ether oxygens (including phenoxy) is 4. The lowest BCUT2D eigenvalue weighted by Crippen LogP contribution is -2.37. The van der Waals surface area contributed by atoms with E-state index in [0.717, 1.165) is 68.4 Å². The molecule has 1 aliphatic carbocycles. The molecule has 8 heteroatoms. The first kappa shape index (κ1) is 27.8. The first-order valence-corrected chi connectivity index (χ1v) is 11.2. The molecule has 0 saturated heterocycles. The van der Waals surface area contributed by atoms with Gasteiger partial charge in [0.25, 0.3) is 0 Å². The van der Waals surface area contributed by atoms with Gasteiger partial charge in [-0.3, -0.25) is 0 Å². The summed E-state index contributed by atoms with van der Waals surface area (Å²) in [5.41, 5.74) is 1.05. The van der Waals surface area contributed by atoms with Gasteiger partial charge < -0.3 is 29.6 Å². The molecule has 1 fully saturated rings. The summed E-state index contributed by atoms with van der Waals surface area (Å²) in [6, 6.07) is 6.02. The Kier molecular flexibility index (Phi) is 15.5. The second-order valence-electron chi connectivity index (χ2n) is 7.41. The van der Waals surface area contributed by atoms with Crippen LogP contribution in [0, 0.1) is 0 Å². The van der Waals surface area contributed by atoms with Crippen molar-refractivity contribution >= 4 is 29.9 Å². The molecule has 0 atom stereocenters. The van der Waals surface area contributed by atoms with E-state index < -0.39 is 0 Å². The minimum Gasteiger partial charge on any atom is -0.493 e. The van der Waals surface area contributed by atoms with E-state index in [4.69, 9.17) is 23.9 Å². The Morgan fingerprint density at radius 3 is 2.58 bits per heavy atom. The summed E-state index contributed by atoms with van der Waals surface area (Å²) in [5, 5.41) is 6.71. The third-order valence-corrected chi connectivity index (χ3v) is 5.06. The molecular weight excluding hydrogens is 509 g/mol. The van der Waals surface area contributed by atoms with Crippen LogP contribution in [0.3, 0.4) is 0 Å². The van der Waals surface area contributed by atoms with E-state index in [1.807, 2.05) is 12.1 Å². The topological polar surface area (TPSA) is 73.3 Å². The third-order valence-electron chi connectivity index (χ3n) is 5.06. The minimum atomic E-state index is 0. The van der Waals surface area contributed by atoms with Gasteiger partial charge in [-0.15, -0.1) is 24.0 Å². The summed E-state index contributed by atoms with van der Waals surface area (Å²) in [7, 11) is 3.37. The number of hydrogen-bond donors (Lipinski definition) is 2. The van der Waals surface area contributed by atoms with Crippen molar-refractivity contribution in [2.75, 3.05) is 47.1 Å². The average molecular weight is 549 g/mol. The monoisotopic (exact) mass is 549 g/mol. The van der Waals surface area contributed by atoms with Gasteiger partial charge in [0.05, 0.1) is 33.0 Å². The lowest BCUT2D eigenvalue weighted by atomic mass is 10.1.